The third kappa shape index (κ3) is 1.58. The molecule has 0 saturated carbocycles. The zero-order valence-corrected chi connectivity index (χ0v) is 9.80. The Hall–Kier alpha value is -2.21. The van der Waals surface area contributed by atoms with Crippen molar-refractivity contribution in [3.8, 4) is 0 Å². The van der Waals surface area contributed by atoms with Crippen molar-refractivity contribution in [2.75, 3.05) is 6.54 Å². The minimum absolute atomic E-state index is 0.126. The summed E-state index contributed by atoms with van der Waals surface area (Å²) in [4.78, 5) is 22.9. The lowest BCUT2D eigenvalue weighted by Crippen LogP contribution is -2.51. The van der Waals surface area contributed by atoms with Crippen LogP contribution in [0.5, 0.6) is 0 Å². The first-order valence-corrected chi connectivity index (χ1v) is 5.65. The van der Waals surface area contributed by atoms with E-state index < -0.39 is 6.04 Å². The molecule has 1 atom stereocenters. The van der Waals surface area contributed by atoms with Gasteiger partial charge in [-0.05, 0) is 6.07 Å². The number of carbonyl (C=O) groups excluding carboxylic acids is 2. The number of nitrogens with one attached hydrogen (secondary N) is 2. The summed E-state index contributed by atoms with van der Waals surface area (Å²) in [7, 11) is 1.83. The smallest absolute Gasteiger partial charge is 0.250 e. The van der Waals surface area contributed by atoms with Crippen LogP contribution in [-0.2, 0) is 16.6 Å². The molecule has 6 nitrogen and oxygen atoms in total. The molecule has 1 aromatic heterocycles. The summed E-state index contributed by atoms with van der Waals surface area (Å²) in [6.45, 7) is 0.126. The summed E-state index contributed by atoms with van der Waals surface area (Å²) in [5.41, 5.74) is 1.61. The molecule has 2 aromatic rings. The first kappa shape index (κ1) is 10.9. The van der Waals surface area contributed by atoms with E-state index in [1.807, 2.05) is 31.3 Å². The van der Waals surface area contributed by atoms with Gasteiger partial charge in [-0.1, -0.05) is 18.2 Å². The number of para-hydroxylation sites is 1. The number of hydrogen-bond acceptors (Lipinski definition) is 4. The minimum atomic E-state index is -0.575. The Bertz CT molecular complexity index is 647. The Balaban J connectivity index is 2.09. The predicted molar refractivity (Wildman–Crippen MR) is 64.6 cm³/mol. The molecule has 3 rings (SSSR count). The van der Waals surface area contributed by atoms with Crippen molar-refractivity contribution >= 4 is 22.7 Å². The van der Waals surface area contributed by atoms with Crippen molar-refractivity contribution in [3.63, 3.8) is 0 Å². The van der Waals surface area contributed by atoms with Crippen LogP contribution in [0.3, 0.4) is 0 Å². The summed E-state index contributed by atoms with van der Waals surface area (Å²) in [5.74, 6) is -0.661. The zero-order chi connectivity index (χ0) is 12.7. The molecule has 0 radical (unpaired) electrons. The van der Waals surface area contributed by atoms with Gasteiger partial charge in [0.15, 0.2) is 0 Å². The van der Waals surface area contributed by atoms with Crippen LogP contribution in [0.15, 0.2) is 24.3 Å². The van der Waals surface area contributed by atoms with Crippen LogP contribution in [-0.4, -0.2) is 28.1 Å². The maximum Gasteiger partial charge on any atom is 0.250 e. The number of nitrogens with zero attached hydrogens (tertiary/aromatic N) is 2. The van der Waals surface area contributed by atoms with E-state index in [0.29, 0.717) is 5.69 Å². The quantitative estimate of drug-likeness (QED) is 0.685. The van der Waals surface area contributed by atoms with Gasteiger partial charge in [0.1, 0.15) is 6.04 Å². The number of carbonyl (C=O) groups is 2. The second-order valence-corrected chi connectivity index (χ2v) is 4.25. The van der Waals surface area contributed by atoms with Gasteiger partial charge in [0.2, 0.25) is 11.8 Å². The van der Waals surface area contributed by atoms with Gasteiger partial charge in [0.05, 0.1) is 17.8 Å². The van der Waals surface area contributed by atoms with Gasteiger partial charge in [-0.15, -0.1) is 0 Å². The molecule has 2 N–H and O–H groups in total. The molecule has 1 aromatic carbocycles. The highest BCUT2D eigenvalue weighted by molar-refractivity contribution is 6.02. The number of hydrogen-bond donors (Lipinski definition) is 2. The maximum absolute atomic E-state index is 11.8. The van der Waals surface area contributed by atoms with Crippen molar-refractivity contribution in [1.82, 2.24) is 20.4 Å². The standard InChI is InChI=1S/C12H12N4O2/c1-16-8-5-3-2-4-7(8)10(15-16)11-12(18)14-9(17)6-13-11/h2-5,11,13H,6H2,1H3,(H,14,17,18). The van der Waals surface area contributed by atoms with E-state index in [4.69, 9.17) is 0 Å². The highest BCUT2D eigenvalue weighted by atomic mass is 16.2. The SMILES string of the molecule is Cn1nc(C2NCC(=O)NC2=O)c2ccccc21. The van der Waals surface area contributed by atoms with Gasteiger partial charge in [-0.2, -0.15) is 5.10 Å². The first-order chi connectivity index (χ1) is 8.66. The number of piperazine rings is 1. The highest BCUT2D eigenvalue weighted by Gasteiger charge is 2.30. The van der Waals surface area contributed by atoms with Crippen LogP contribution in [0.4, 0.5) is 0 Å². The summed E-state index contributed by atoms with van der Waals surface area (Å²) in [6.07, 6.45) is 0. The Morgan fingerprint density at radius 2 is 2.11 bits per heavy atom. The summed E-state index contributed by atoms with van der Waals surface area (Å²) in [5, 5.41) is 10.5. The van der Waals surface area contributed by atoms with E-state index in [9.17, 15) is 9.59 Å². The fourth-order valence-electron chi connectivity index (χ4n) is 2.22. The number of imide groups is 1. The number of amides is 2. The van der Waals surface area contributed by atoms with Crippen LogP contribution in [0.1, 0.15) is 11.7 Å². The van der Waals surface area contributed by atoms with E-state index in [1.54, 1.807) is 4.68 Å². The average Bonchev–Trinajstić information content (AvgIpc) is 2.68. The lowest BCUT2D eigenvalue weighted by molar-refractivity contribution is -0.134. The van der Waals surface area contributed by atoms with Gasteiger partial charge in [0, 0.05) is 12.4 Å². The van der Waals surface area contributed by atoms with E-state index in [1.165, 1.54) is 0 Å². The maximum atomic E-state index is 11.8. The Morgan fingerprint density at radius 3 is 2.89 bits per heavy atom. The van der Waals surface area contributed by atoms with Gasteiger partial charge >= 0.3 is 0 Å². The van der Waals surface area contributed by atoms with Gasteiger partial charge in [-0.3, -0.25) is 24.9 Å². The Labute approximate surface area is 103 Å². The van der Waals surface area contributed by atoms with Gasteiger partial charge in [0.25, 0.3) is 0 Å². The number of aryl methyl sites for hydroxylation is 1. The second-order valence-electron chi connectivity index (χ2n) is 4.25. The van der Waals surface area contributed by atoms with Gasteiger partial charge in [-0.25, -0.2) is 0 Å². The largest absolute Gasteiger partial charge is 0.294 e. The van der Waals surface area contributed by atoms with E-state index in [2.05, 4.69) is 15.7 Å². The molecule has 2 heterocycles. The van der Waals surface area contributed by atoms with E-state index in [0.717, 1.165) is 10.9 Å². The molecule has 1 fully saturated rings. The molecule has 92 valence electrons. The van der Waals surface area contributed by atoms with Crippen LogP contribution in [0.2, 0.25) is 0 Å². The molecule has 1 aliphatic heterocycles. The number of rotatable bonds is 1. The molecule has 0 bridgehead atoms. The van der Waals surface area contributed by atoms with Crippen molar-refractivity contribution in [2.45, 2.75) is 6.04 Å². The molecule has 18 heavy (non-hydrogen) atoms. The summed E-state index contributed by atoms with van der Waals surface area (Å²) >= 11 is 0. The topological polar surface area (TPSA) is 76.0 Å². The Kier molecular flexibility index (Phi) is 2.38. The molecule has 6 heteroatoms. The normalized spacial score (nSPS) is 20.2. The molecular formula is C12H12N4O2. The monoisotopic (exact) mass is 244 g/mol. The van der Waals surface area contributed by atoms with Crippen LogP contribution < -0.4 is 10.6 Å². The zero-order valence-electron chi connectivity index (χ0n) is 9.80. The number of fused-ring (bicyclic) bond motifs is 1. The second kappa shape index (κ2) is 3.92. The highest BCUT2D eigenvalue weighted by Crippen LogP contribution is 2.24. The third-order valence-corrected chi connectivity index (χ3v) is 3.05. The summed E-state index contributed by atoms with van der Waals surface area (Å²) < 4.78 is 1.73. The van der Waals surface area contributed by atoms with Crippen LogP contribution >= 0.6 is 0 Å². The average molecular weight is 244 g/mol. The first-order valence-electron chi connectivity index (χ1n) is 5.65. The predicted octanol–water partition coefficient (Wildman–Crippen LogP) is -0.140. The molecule has 2 amide bonds. The third-order valence-electron chi connectivity index (χ3n) is 3.05. The Morgan fingerprint density at radius 1 is 1.33 bits per heavy atom. The van der Waals surface area contributed by atoms with Crippen molar-refractivity contribution in [2.24, 2.45) is 7.05 Å². The molecule has 1 unspecified atom stereocenters. The van der Waals surface area contributed by atoms with Crippen molar-refractivity contribution < 1.29 is 9.59 Å². The van der Waals surface area contributed by atoms with E-state index in [-0.39, 0.29) is 18.4 Å². The molecule has 1 aliphatic rings. The fourth-order valence-corrected chi connectivity index (χ4v) is 2.22. The van der Waals surface area contributed by atoms with Crippen molar-refractivity contribution in [1.29, 1.82) is 0 Å². The van der Waals surface area contributed by atoms with Crippen molar-refractivity contribution in [3.05, 3.63) is 30.0 Å². The summed E-state index contributed by atoms with van der Waals surface area (Å²) in [6, 6.07) is 7.11. The molecule has 1 saturated heterocycles. The lowest BCUT2D eigenvalue weighted by Gasteiger charge is -2.20. The number of benzene rings is 1. The van der Waals surface area contributed by atoms with Crippen LogP contribution in [0, 0.1) is 0 Å². The van der Waals surface area contributed by atoms with Gasteiger partial charge < -0.3 is 0 Å². The number of aromatic nitrogens is 2. The molecular weight excluding hydrogens is 232 g/mol. The molecule has 0 spiro atoms. The van der Waals surface area contributed by atoms with Crippen LogP contribution in [0.25, 0.3) is 10.9 Å². The lowest BCUT2D eigenvalue weighted by atomic mass is 10.1. The van der Waals surface area contributed by atoms with E-state index >= 15 is 0 Å². The minimum Gasteiger partial charge on any atom is -0.294 e. The fraction of sp³-hybridized carbons (Fsp3) is 0.250. The molecule has 0 aliphatic carbocycles.